The predicted molar refractivity (Wildman–Crippen MR) is 133 cm³/mol. The van der Waals surface area contributed by atoms with E-state index in [9.17, 15) is 9.59 Å². The fourth-order valence-electron chi connectivity index (χ4n) is 4.36. The molecule has 0 bridgehead atoms. The molecule has 0 radical (unpaired) electrons. The van der Waals surface area contributed by atoms with E-state index in [0.717, 1.165) is 42.9 Å². The Morgan fingerprint density at radius 2 is 1.91 bits per heavy atom. The van der Waals surface area contributed by atoms with E-state index in [-0.39, 0.29) is 11.9 Å². The van der Waals surface area contributed by atoms with Gasteiger partial charge in [-0.05, 0) is 62.6 Å². The van der Waals surface area contributed by atoms with Crippen molar-refractivity contribution < 1.29 is 9.59 Å². The highest BCUT2D eigenvalue weighted by atomic mass is 35.5. The number of carbonyl (C=O) groups excluding carboxylic acids is 2. The van der Waals surface area contributed by atoms with Crippen LogP contribution in [0.5, 0.6) is 0 Å². The number of allylic oxidation sites excluding steroid dienone is 1. The molecule has 2 aliphatic rings. The van der Waals surface area contributed by atoms with Gasteiger partial charge in [-0.25, -0.2) is 9.78 Å². The Bertz CT molecular complexity index is 981. The molecule has 2 aromatic rings. The molecule has 1 aromatic heterocycles. The number of carbonyl (C=O) groups is 2. The Labute approximate surface area is 204 Å². The van der Waals surface area contributed by atoms with Crippen molar-refractivity contribution in [2.45, 2.75) is 57.4 Å². The predicted octanol–water partition coefficient (Wildman–Crippen LogP) is 5.51. The van der Waals surface area contributed by atoms with E-state index in [0.29, 0.717) is 29.7 Å². The van der Waals surface area contributed by atoms with Gasteiger partial charge in [-0.2, -0.15) is 0 Å². The summed E-state index contributed by atoms with van der Waals surface area (Å²) in [5.41, 5.74) is 2.93. The number of nitrogens with one attached hydrogen (secondary N) is 2. The number of aromatic nitrogens is 1. The van der Waals surface area contributed by atoms with Crippen molar-refractivity contribution in [1.82, 2.24) is 20.5 Å². The Hall–Kier alpha value is -2.38. The second kappa shape index (κ2) is 11.7. The molecule has 33 heavy (non-hydrogen) atoms. The third-order valence-corrected chi connectivity index (χ3v) is 7.62. The van der Waals surface area contributed by atoms with Gasteiger partial charge in [-0.15, -0.1) is 11.3 Å². The van der Waals surface area contributed by atoms with E-state index in [1.807, 2.05) is 34.5 Å². The lowest BCUT2D eigenvalue weighted by atomic mass is 9.97. The molecule has 6 nitrogen and oxygen atoms in total. The number of amides is 3. The Balaban J connectivity index is 1.19. The minimum Gasteiger partial charge on any atom is -0.347 e. The molecule has 176 valence electrons. The number of hydrogen-bond donors (Lipinski definition) is 2. The zero-order chi connectivity index (χ0) is 23.0. The molecule has 1 aromatic carbocycles. The van der Waals surface area contributed by atoms with Crippen molar-refractivity contribution in [3.63, 3.8) is 0 Å². The van der Waals surface area contributed by atoms with Gasteiger partial charge in [0.2, 0.25) is 0 Å². The first-order valence-corrected chi connectivity index (χ1v) is 13.0. The minimum atomic E-state index is -0.169. The summed E-state index contributed by atoms with van der Waals surface area (Å²) < 4.78 is 0. The second-order valence-corrected chi connectivity index (χ2v) is 10.1. The molecule has 4 rings (SSSR count). The smallest absolute Gasteiger partial charge is 0.317 e. The highest BCUT2D eigenvalue weighted by Gasteiger charge is 2.26. The maximum Gasteiger partial charge on any atom is 0.317 e. The van der Waals surface area contributed by atoms with Gasteiger partial charge in [0, 0.05) is 42.5 Å². The van der Waals surface area contributed by atoms with Gasteiger partial charge in [0.1, 0.15) is 5.69 Å². The number of urea groups is 1. The molecule has 0 spiro atoms. The topological polar surface area (TPSA) is 74.3 Å². The van der Waals surface area contributed by atoms with Crippen molar-refractivity contribution >= 4 is 34.9 Å². The number of piperidine rings is 1. The summed E-state index contributed by atoms with van der Waals surface area (Å²) in [6.45, 7) is 2.59. The fraction of sp³-hybridized carbons (Fsp3) is 0.480. The highest BCUT2D eigenvalue weighted by Crippen LogP contribution is 2.30. The monoisotopic (exact) mass is 486 g/mol. The summed E-state index contributed by atoms with van der Waals surface area (Å²) in [4.78, 5) is 31.5. The van der Waals surface area contributed by atoms with Crippen LogP contribution in [0.4, 0.5) is 4.79 Å². The van der Waals surface area contributed by atoms with Crippen LogP contribution in [-0.2, 0) is 6.54 Å². The number of rotatable bonds is 7. The SMILES string of the molecule is O=C(NCc1ccc(Cl)cc1)c1csc(C2CCN(C(=O)NCCC3=CCCCC3)CC2)n1. The van der Waals surface area contributed by atoms with Crippen LogP contribution in [0.1, 0.15) is 71.9 Å². The molecule has 1 fully saturated rings. The molecule has 2 N–H and O–H groups in total. The van der Waals surface area contributed by atoms with Crippen molar-refractivity contribution in [3.8, 4) is 0 Å². The largest absolute Gasteiger partial charge is 0.347 e. The molecule has 1 saturated heterocycles. The minimum absolute atomic E-state index is 0.0336. The Morgan fingerprint density at radius 1 is 1.12 bits per heavy atom. The van der Waals surface area contributed by atoms with Crippen molar-refractivity contribution in [2.75, 3.05) is 19.6 Å². The zero-order valence-electron chi connectivity index (χ0n) is 18.8. The number of halogens is 1. The van der Waals surface area contributed by atoms with Gasteiger partial charge in [0.25, 0.3) is 5.91 Å². The number of thiazole rings is 1. The summed E-state index contributed by atoms with van der Waals surface area (Å²) in [5, 5.41) is 9.47. The second-order valence-electron chi connectivity index (χ2n) is 8.73. The highest BCUT2D eigenvalue weighted by molar-refractivity contribution is 7.09. The molecule has 1 aliphatic heterocycles. The van der Waals surface area contributed by atoms with Gasteiger partial charge >= 0.3 is 6.03 Å². The standard InChI is InChI=1S/C25H31ClN4O2S/c26-21-8-6-19(7-9-21)16-28-23(31)22-17-33-24(29-22)20-11-14-30(15-12-20)25(32)27-13-10-18-4-2-1-3-5-18/h4,6-9,17,20H,1-3,5,10-16H2,(H,27,32)(H,28,31). The summed E-state index contributed by atoms with van der Waals surface area (Å²) in [6.07, 6.45) is 9.96. The van der Waals surface area contributed by atoms with Crippen LogP contribution in [0, 0.1) is 0 Å². The molecule has 0 atom stereocenters. The Morgan fingerprint density at radius 3 is 2.64 bits per heavy atom. The summed E-state index contributed by atoms with van der Waals surface area (Å²) >= 11 is 7.43. The van der Waals surface area contributed by atoms with Crippen LogP contribution < -0.4 is 10.6 Å². The van der Waals surface area contributed by atoms with Gasteiger partial charge in [0.05, 0.1) is 5.01 Å². The molecule has 8 heteroatoms. The first-order valence-electron chi connectivity index (χ1n) is 11.8. The van der Waals surface area contributed by atoms with Crippen LogP contribution >= 0.6 is 22.9 Å². The van der Waals surface area contributed by atoms with Crippen LogP contribution in [0.25, 0.3) is 0 Å². The number of likely N-dealkylation sites (tertiary alicyclic amines) is 1. The summed E-state index contributed by atoms with van der Waals surface area (Å²) in [5.74, 6) is 0.126. The average molecular weight is 487 g/mol. The number of nitrogens with zero attached hydrogens (tertiary/aromatic N) is 2. The quantitative estimate of drug-likeness (QED) is 0.507. The molecule has 1 aliphatic carbocycles. The molecular weight excluding hydrogens is 456 g/mol. The molecule has 2 heterocycles. The van der Waals surface area contributed by atoms with Crippen LogP contribution in [0.2, 0.25) is 5.02 Å². The first-order chi connectivity index (χ1) is 16.1. The molecular formula is C25H31ClN4O2S. The lowest BCUT2D eigenvalue weighted by Crippen LogP contribution is -2.44. The molecule has 3 amide bonds. The summed E-state index contributed by atoms with van der Waals surface area (Å²) in [6, 6.07) is 7.44. The van der Waals surface area contributed by atoms with Crippen molar-refractivity contribution in [1.29, 1.82) is 0 Å². The van der Waals surface area contributed by atoms with Gasteiger partial charge in [0.15, 0.2) is 0 Å². The number of benzene rings is 1. The lowest BCUT2D eigenvalue weighted by molar-refractivity contribution is 0.0946. The maximum absolute atomic E-state index is 12.5. The fourth-order valence-corrected chi connectivity index (χ4v) is 5.45. The van der Waals surface area contributed by atoms with E-state index in [2.05, 4.69) is 21.7 Å². The normalized spacial score (nSPS) is 16.9. The van der Waals surface area contributed by atoms with Crippen molar-refractivity contribution in [3.05, 3.63) is 62.6 Å². The van der Waals surface area contributed by atoms with Gasteiger partial charge < -0.3 is 15.5 Å². The van der Waals surface area contributed by atoms with Crippen LogP contribution in [0.15, 0.2) is 41.3 Å². The Kier molecular flexibility index (Phi) is 8.40. The van der Waals surface area contributed by atoms with Gasteiger partial charge in [-0.3, -0.25) is 4.79 Å². The van der Waals surface area contributed by atoms with E-state index in [4.69, 9.17) is 11.6 Å². The zero-order valence-corrected chi connectivity index (χ0v) is 20.4. The van der Waals surface area contributed by atoms with Crippen molar-refractivity contribution in [2.24, 2.45) is 0 Å². The molecule has 0 saturated carbocycles. The number of hydrogen-bond acceptors (Lipinski definition) is 4. The average Bonchev–Trinajstić information content (AvgIpc) is 3.35. The van der Waals surface area contributed by atoms with E-state index < -0.39 is 0 Å². The third kappa shape index (κ3) is 6.81. The van der Waals surface area contributed by atoms with E-state index in [1.54, 1.807) is 0 Å². The third-order valence-electron chi connectivity index (χ3n) is 6.36. The van der Waals surface area contributed by atoms with Crippen LogP contribution in [-0.4, -0.2) is 41.5 Å². The van der Waals surface area contributed by atoms with E-state index >= 15 is 0 Å². The van der Waals surface area contributed by atoms with E-state index in [1.165, 1.54) is 42.6 Å². The summed E-state index contributed by atoms with van der Waals surface area (Å²) in [7, 11) is 0. The molecule has 0 unspecified atom stereocenters. The van der Waals surface area contributed by atoms with Gasteiger partial charge in [-0.1, -0.05) is 35.4 Å². The maximum atomic E-state index is 12.5. The first kappa shape index (κ1) is 23.8. The lowest BCUT2D eigenvalue weighted by Gasteiger charge is -2.31. The van der Waals surface area contributed by atoms with Crippen LogP contribution in [0.3, 0.4) is 0 Å².